The lowest BCUT2D eigenvalue weighted by Crippen LogP contribution is -2.23. The number of carbonyl (C=O) groups is 1. The smallest absolute Gasteiger partial charge is 0.266 e. The normalized spacial score (nSPS) is 10.4. The van der Waals surface area contributed by atoms with E-state index in [2.05, 4.69) is 20.5 Å². The number of rotatable bonds is 6. The van der Waals surface area contributed by atoms with Crippen LogP contribution in [0.1, 0.15) is 17.9 Å². The molecule has 0 saturated carbocycles. The highest BCUT2D eigenvalue weighted by atomic mass is 16.4. The molecule has 0 aliphatic heterocycles. The number of hydrogen-bond acceptors (Lipinski definition) is 5. The van der Waals surface area contributed by atoms with Gasteiger partial charge in [0.2, 0.25) is 11.8 Å². The second-order valence-electron chi connectivity index (χ2n) is 4.98. The number of aryl methyl sites for hydroxylation is 1. The third kappa shape index (κ3) is 4.23. The Morgan fingerprint density at radius 3 is 2.65 bits per heavy atom. The van der Waals surface area contributed by atoms with E-state index in [1.165, 1.54) is 0 Å². The Morgan fingerprint density at radius 1 is 1.04 bits per heavy atom. The Labute approximate surface area is 133 Å². The molecule has 1 aromatic carbocycles. The van der Waals surface area contributed by atoms with Crippen molar-refractivity contribution in [2.24, 2.45) is 0 Å². The van der Waals surface area contributed by atoms with Crippen LogP contribution in [0.5, 0.6) is 0 Å². The largest absolute Gasteiger partial charge is 0.417 e. The summed E-state index contributed by atoms with van der Waals surface area (Å²) in [5.74, 6) is 0.657. The molecule has 0 fully saturated rings. The maximum absolute atomic E-state index is 11.9. The van der Waals surface area contributed by atoms with E-state index >= 15 is 0 Å². The van der Waals surface area contributed by atoms with Crippen LogP contribution in [0, 0.1) is 0 Å². The molecule has 3 rings (SSSR count). The summed E-state index contributed by atoms with van der Waals surface area (Å²) in [6.45, 7) is 0.216. The second-order valence-corrected chi connectivity index (χ2v) is 4.98. The van der Waals surface area contributed by atoms with Crippen molar-refractivity contribution in [1.29, 1.82) is 0 Å². The van der Waals surface area contributed by atoms with Crippen LogP contribution in [0.4, 0.5) is 0 Å². The van der Waals surface area contributed by atoms with Crippen molar-refractivity contribution >= 4 is 5.91 Å². The van der Waals surface area contributed by atoms with Gasteiger partial charge in [-0.25, -0.2) is 0 Å². The summed E-state index contributed by atoms with van der Waals surface area (Å²) in [7, 11) is 0. The summed E-state index contributed by atoms with van der Waals surface area (Å²) in [6.07, 6.45) is 2.78. The minimum Gasteiger partial charge on any atom is -0.417 e. The van der Waals surface area contributed by atoms with Crippen molar-refractivity contribution in [3.05, 3.63) is 66.2 Å². The highest BCUT2D eigenvalue weighted by Gasteiger charge is 2.10. The summed E-state index contributed by atoms with van der Waals surface area (Å²) >= 11 is 0. The quantitative estimate of drug-likeness (QED) is 0.756. The first-order valence-corrected chi connectivity index (χ1v) is 7.35. The number of amides is 1. The van der Waals surface area contributed by atoms with Gasteiger partial charge in [0.15, 0.2) is 0 Å². The summed E-state index contributed by atoms with van der Waals surface area (Å²) < 4.78 is 5.48. The van der Waals surface area contributed by atoms with Crippen LogP contribution in [0.15, 0.2) is 59.1 Å². The minimum absolute atomic E-state index is 0.0496. The molecule has 0 unspecified atom stereocenters. The zero-order chi connectivity index (χ0) is 15.9. The van der Waals surface area contributed by atoms with E-state index in [4.69, 9.17) is 4.42 Å². The Bertz CT molecular complexity index is 757. The predicted molar refractivity (Wildman–Crippen MR) is 84.1 cm³/mol. The van der Waals surface area contributed by atoms with Crippen molar-refractivity contribution < 1.29 is 9.21 Å². The first-order valence-electron chi connectivity index (χ1n) is 7.35. The number of pyridine rings is 1. The number of carbonyl (C=O) groups excluding carboxylic acids is 1. The molecule has 0 atom stereocenters. The van der Waals surface area contributed by atoms with Gasteiger partial charge in [0.1, 0.15) is 5.69 Å². The third-order valence-corrected chi connectivity index (χ3v) is 3.27. The fourth-order valence-corrected chi connectivity index (χ4v) is 2.08. The minimum atomic E-state index is -0.0496. The van der Waals surface area contributed by atoms with Crippen LogP contribution >= 0.6 is 0 Å². The van der Waals surface area contributed by atoms with Gasteiger partial charge in [0.25, 0.3) is 5.89 Å². The molecule has 116 valence electrons. The van der Waals surface area contributed by atoms with Gasteiger partial charge in [-0.15, -0.1) is 10.2 Å². The molecular weight excluding hydrogens is 292 g/mol. The van der Waals surface area contributed by atoms with Gasteiger partial charge in [-0.05, 0) is 24.1 Å². The van der Waals surface area contributed by atoms with Gasteiger partial charge in [0, 0.05) is 12.6 Å². The van der Waals surface area contributed by atoms with Crippen molar-refractivity contribution in [2.45, 2.75) is 19.4 Å². The lowest BCUT2D eigenvalue weighted by Gasteiger charge is -2.02. The summed E-state index contributed by atoms with van der Waals surface area (Å²) in [6, 6.07) is 15.3. The van der Waals surface area contributed by atoms with Gasteiger partial charge in [0.05, 0.1) is 6.54 Å². The van der Waals surface area contributed by atoms with E-state index in [0.717, 1.165) is 5.56 Å². The maximum Gasteiger partial charge on any atom is 0.266 e. The predicted octanol–water partition coefficient (Wildman–Crippen LogP) is 2.38. The average molecular weight is 308 g/mol. The van der Waals surface area contributed by atoms with Gasteiger partial charge >= 0.3 is 0 Å². The number of benzene rings is 1. The Morgan fingerprint density at radius 2 is 1.87 bits per heavy atom. The topological polar surface area (TPSA) is 80.9 Å². The first-order chi connectivity index (χ1) is 11.3. The molecule has 23 heavy (non-hydrogen) atoms. The summed E-state index contributed by atoms with van der Waals surface area (Å²) in [5.41, 5.74) is 1.75. The molecule has 0 aliphatic rings. The van der Waals surface area contributed by atoms with E-state index in [9.17, 15) is 4.79 Å². The number of nitrogens with zero attached hydrogens (tertiary/aromatic N) is 3. The Balaban J connectivity index is 1.49. The van der Waals surface area contributed by atoms with Crippen LogP contribution in [-0.2, 0) is 17.8 Å². The molecule has 0 bridgehead atoms. The van der Waals surface area contributed by atoms with Crippen molar-refractivity contribution in [3.63, 3.8) is 0 Å². The van der Waals surface area contributed by atoms with Crippen molar-refractivity contribution in [1.82, 2.24) is 20.5 Å². The molecule has 0 radical (unpaired) electrons. The van der Waals surface area contributed by atoms with E-state index in [1.807, 2.05) is 42.5 Å². The molecular formula is C17H16N4O2. The lowest BCUT2D eigenvalue weighted by molar-refractivity contribution is -0.121. The van der Waals surface area contributed by atoms with E-state index in [0.29, 0.717) is 30.3 Å². The van der Waals surface area contributed by atoms with Crippen LogP contribution in [-0.4, -0.2) is 21.1 Å². The second kappa shape index (κ2) is 7.31. The molecule has 2 aromatic heterocycles. The lowest BCUT2D eigenvalue weighted by atomic mass is 10.1. The van der Waals surface area contributed by atoms with Crippen LogP contribution in [0.25, 0.3) is 11.6 Å². The summed E-state index contributed by atoms with van der Waals surface area (Å²) in [5, 5.41) is 10.6. The summed E-state index contributed by atoms with van der Waals surface area (Å²) in [4.78, 5) is 16.0. The molecule has 0 aliphatic carbocycles. The standard InChI is InChI=1S/C17H16N4O2/c22-15(10-9-13-6-2-1-3-7-13)19-12-16-20-21-17(23-16)14-8-4-5-11-18-14/h1-8,11H,9-10,12H2,(H,19,22). The molecule has 0 saturated heterocycles. The van der Waals surface area contributed by atoms with Crippen LogP contribution in [0.2, 0.25) is 0 Å². The van der Waals surface area contributed by atoms with E-state index in [1.54, 1.807) is 12.3 Å². The van der Waals surface area contributed by atoms with Crippen LogP contribution in [0.3, 0.4) is 0 Å². The van der Waals surface area contributed by atoms with Crippen LogP contribution < -0.4 is 5.32 Å². The molecule has 0 spiro atoms. The van der Waals surface area contributed by atoms with E-state index in [-0.39, 0.29) is 12.5 Å². The van der Waals surface area contributed by atoms with Crippen molar-refractivity contribution in [3.8, 4) is 11.6 Å². The molecule has 1 amide bonds. The fourth-order valence-electron chi connectivity index (χ4n) is 2.08. The zero-order valence-corrected chi connectivity index (χ0v) is 12.5. The highest BCUT2D eigenvalue weighted by molar-refractivity contribution is 5.76. The maximum atomic E-state index is 11.9. The third-order valence-electron chi connectivity index (χ3n) is 3.27. The SMILES string of the molecule is O=C(CCc1ccccc1)NCc1nnc(-c2ccccn2)o1. The zero-order valence-electron chi connectivity index (χ0n) is 12.5. The monoisotopic (exact) mass is 308 g/mol. The molecule has 3 aromatic rings. The van der Waals surface area contributed by atoms with Gasteiger partial charge in [-0.3, -0.25) is 9.78 Å². The van der Waals surface area contributed by atoms with Gasteiger partial charge in [-0.2, -0.15) is 0 Å². The fraction of sp³-hybridized carbons (Fsp3) is 0.176. The molecule has 2 heterocycles. The average Bonchev–Trinajstić information content (AvgIpc) is 3.09. The number of hydrogen-bond donors (Lipinski definition) is 1. The molecule has 6 heteroatoms. The first kappa shape index (κ1) is 14.9. The Hall–Kier alpha value is -3.02. The van der Waals surface area contributed by atoms with E-state index < -0.39 is 0 Å². The molecule has 6 nitrogen and oxygen atoms in total. The van der Waals surface area contributed by atoms with Gasteiger partial charge < -0.3 is 9.73 Å². The molecule has 1 N–H and O–H groups in total. The highest BCUT2D eigenvalue weighted by Crippen LogP contribution is 2.13. The van der Waals surface area contributed by atoms with Crippen molar-refractivity contribution in [2.75, 3.05) is 0 Å². The number of nitrogens with one attached hydrogen (secondary N) is 1. The number of aromatic nitrogens is 3. The van der Waals surface area contributed by atoms with Gasteiger partial charge in [-0.1, -0.05) is 36.4 Å². The Kier molecular flexibility index (Phi) is 4.73.